The lowest BCUT2D eigenvalue weighted by Gasteiger charge is -2.39. The van der Waals surface area contributed by atoms with Crippen molar-refractivity contribution in [2.75, 3.05) is 25.4 Å². The van der Waals surface area contributed by atoms with E-state index in [1.54, 1.807) is 6.08 Å². The second-order valence-corrected chi connectivity index (χ2v) is 6.57. The van der Waals surface area contributed by atoms with Gasteiger partial charge in [-0.2, -0.15) is 0 Å². The number of nitrogens with zero attached hydrogens (tertiary/aromatic N) is 1. The molecule has 0 spiro atoms. The summed E-state index contributed by atoms with van der Waals surface area (Å²) in [6, 6.07) is 7.00. The van der Waals surface area contributed by atoms with Crippen LogP contribution in [-0.4, -0.2) is 36.4 Å². The van der Waals surface area contributed by atoms with E-state index in [2.05, 4.69) is 42.7 Å². The fourth-order valence-electron chi connectivity index (χ4n) is 3.23. The van der Waals surface area contributed by atoms with Crippen molar-refractivity contribution in [2.24, 2.45) is 0 Å². The lowest BCUT2D eigenvalue weighted by Crippen LogP contribution is -2.42. The standard InChI is InChI=1S/C18H23NOS/c1-3-10-19-11-6-8-14-15-7-5-9-17(20-12-4-2)18(15)21-13-16(14)19/h4-5,7-9,16H,2-3,6,10-13H2,1H3. The molecule has 3 heteroatoms. The highest BCUT2D eigenvalue weighted by atomic mass is 32.2. The lowest BCUT2D eigenvalue weighted by molar-refractivity contribution is 0.245. The van der Waals surface area contributed by atoms with Gasteiger partial charge in [0.1, 0.15) is 12.4 Å². The molecule has 0 radical (unpaired) electrons. The Morgan fingerprint density at radius 1 is 1.48 bits per heavy atom. The van der Waals surface area contributed by atoms with Crippen molar-refractivity contribution in [1.82, 2.24) is 4.90 Å². The number of thioether (sulfide) groups is 1. The minimum atomic E-state index is 0.571. The molecule has 0 fully saturated rings. The van der Waals surface area contributed by atoms with Gasteiger partial charge in [0.15, 0.2) is 0 Å². The monoisotopic (exact) mass is 301 g/mol. The van der Waals surface area contributed by atoms with E-state index in [1.807, 2.05) is 11.8 Å². The maximum atomic E-state index is 5.83. The molecule has 2 heterocycles. The van der Waals surface area contributed by atoms with Gasteiger partial charge in [0, 0.05) is 18.3 Å². The minimum Gasteiger partial charge on any atom is -0.488 e. The minimum absolute atomic E-state index is 0.571. The molecule has 0 aliphatic carbocycles. The third-order valence-corrected chi connectivity index (χ3v) is 5.32. The predicted molar refractivity (Wildman–Crippen MR) is 91.1 cm³/mol. The largest absolute Gasteiger partial charge is 0.488 e. The van der Waals surface area contributed by atoms with Crippen LogP contribution in [0.25, 0.3) is 5.57 Å². The van der Waals surface area contributed by atoms with Crippen LogP contribution in [0.2, 0.25) is 0 Å². The molecule has 2 nitrogen and oxygen atoms in total. The molecule has 1 aromatic carbocycles. The van der Waals surface area contributed by atoms with Crippen molar-refractivity contribution >= 4 is 17.3 Å². The third kappa shape index (κ3) is 2.90. The van der Waals surface area contributed by atoms with Crippen LogP contribution in [0.1, 0.15) is 25.3 Å². The Kier molecular flexibility index (Phi) is 4.71. The third-order valence-electron chi connectivity index (χ3n) is 4.12. The highest BCUT2D eigenvalue weighted by Gasteiger charge is 2.32. The van der Waals surface area contributed by atoms with Gasteiger partial charge in [0.25, 0.3) is 0 Å². The molecule has 0 amide bonds. The number of hydrogen-bond donors (Lipinski definition) is 0. The van der Waals surface area contributed by atoms with E-state index in [0.29, 0.717) is 12.6 Å². The molecule has 0 aromatic heterocycles. The van der Waals surface area contributed by atoms with Crippen molar-refractivity contribution in [3.05, 3.63) is 42.5 Å². The molecule has 21 heavy (non-hydrogen) atoms. The van der Waals surface area contributed by atoms with Gasteiger partial charge in [0.2, 0.25) is 0 Å². The summed E-state index contributed by atoms with van der Waals surface area (Å²) < 4.78 is 5.83. The Morgan fingerprint density at radius 2 is 2.38 bits per heavy atom. The molecule has 2 aliphatic heterocycles. The summed E-state index contributed by atoms with van der Waals surface area (Å²) in [7, 11) is 0. The summed E-state index contributed by atoms with van der Waals surface area (Å²) in [6.07, 6.45) is 6.63. The van der Waals surface area contributed by atoms with Crippen molar-refractivity contribution in [3.8, 4) is 5.75 Å². The van der Waals surface area contributed by atoms with E-state index in [9.17, 15) is 0 Å². The van der Waals surface area contributed by atoms with Gasteiger partial charge in [-0.05, 0) is 36.6 Å². The van der Waals surface area contributed by atoms with E-state index in [-0.39, 0.29) is 0 Å². The number of benzene rings is 1. The van der Waals surface area contributed by atoms with Crippen LogP contribution in [0.4, 0.5) is 0 Å². The van der Waals surface area contributed by atoms with Crippen LogP contribution in [0.3, 0.4) is 0 Å². The second kappa shape index (κ2) is 6.71. The molecule has 1 atom stereocenters. The lowest BCUT2D eigenvalue weighted by atomic mass is 9.93. The maximum absolute atomic E-state index is 5.83. The smallest absolute Gasteiger partial charge is 0.133 e. The fourth-order valence-corrected chi connectivity index (χ4v) is 4.56. The first-order valence-electron chi connectivity index (χ1n) is 7.79. The molecule has 3 rings (SSSR count). The Labute approximate surface area is 131 Å². The van der Waals surface area contributed by atoms with Gasteiger partial charge in [-0.3, -0.25) is 4.90 Å². The zero-order valence-corrected chi connectivity index (χ0v) is 13.5. The first kappa shape index (κ1) is 14.7. The summed E-state index contributed by atoms with van der Waals surface area (Å²) in [5.74, 6) is 2.14. The summed E-state index contributed by atoms with van der Waals surface area (Å²) in [5, 5.41) is 0. The summed E-state index contributed by atoms with van der Waals surface area (Å²) in [4.78, 5) is 3.95. The van der Waals surface area contributed by atoms with Crippen LogP contribution in [0.5, 0.6) is 5.75 Å². The summed E-state index contributed by atoms with van der Waals surface area (Å²) in [5.41, 5.74) is 2.88. The molecule has 0 bridgehead atoms. The average molecular weight is 301 g/mol. The van der Waals surface area contributed by atoms with Gasteiger partial charge < -0.3 is 4.74 Å². The normalized spacial score (nSPS) is 21.2. The van der Waals surface area contributed by atoms with Crippen LogP contribution in [0.15, 0.2) is 41.8 Å². The highest BCUT2D eigenvalue weighted by Crippen LogP contribution is 2.45. The summed E-state index contributed by atoms with van der Waals surface area (Å²) >= 11 is 1.94. The molecule has 1 unspecified atom stereocenters. The van der Waals surface area contributed by atoms with E-state index in [0.717, 1.165) is 17.9 Å². The Balaban J connectivity index is 1.92. The topological polar surface area (TPSA) is 12.5 Å². The quantitative estimate of drug-likeness (QED) is 0.755. The molecule has 112 valence electrons. The number of rotatable bonds is 5. The zero-order chi connectivity index (χ0) is 14.7. The van der Waals surface area contributed by atoms with Gasteiger partial charge in [0.05, 0.1) is 4.90 Å². The number of fused-ring (bicyclic) bond motifs is 3. The Bertz CT molecular complexity index is 552. The van der Waals surface area contributed by atoms with Crippen molar-refractivity contribution in [3.63, 3.8) is 0 Å². The zero-order valence-electron chi connectivity index (χ0n) is 12.7. The van der Waals surface area contributed by atoms with E-state index in [1.165, 1.54) is 35.5 Å². The number of ether oxygens (including phenoxy) is 1. The molecule has 0 saturated carbocycles. The van der Waals surface area contributed by atoms with E-state index in [4.69, 9.17) is 4.74 Å². The average Bonchev–Trinajstić information content (AvgIpc) is 2.53. The molecule has 0 N–H and O–H groups in total. The molecular formula is C18H23NOS. The first-order chi connectivity index (χ1) is 10.3. The first-order valence-corrected chi connectivity index (χ1v) is 8.77. The van der Waals surface area contributed by atoms with Crippen molar-refractivity contribution in [1.29, 1.82) is 0 Å². The van der Waals surface area contributed by atoms with Crippen LogP contribution in [0, 0.1) is 0 Å². The SMILES string of the molecule is C=CCOc1cccc2c1SCC1C2=CCCN1CCC. The van der Waals surface area contributed by atoms with E-state index >= 15 is 0 Å². The van der Waals surface area contributed by atoms with Gasteiger partial charge in [-0.25, -0.2) is 0 Å². The molecule has 0 saturated heterocycles. The van der Waals surface area contributed by atoms with Gasteiger partial charge >= 0.3 is 0 Å². The number of hydrogen-bond acceptors (Lipinski definition) is 3. The second-order valence-electron chi connectivity index (χ2n) is 5.54. The fraction of sp³-hybridized carbons (Fsp3) is 0.444. The summed E-state index contributed by atoms with van der Waals surface area (Å²) in [6.45, 7) is 8.97. The molecular weight excluding hydrogens is 278 g/mol. The molecule has 1 aromatic rings. The van der Waals surface area contributed by atoms with Crippen molar-refractivity contribution < 1.29 is 4.74 Å². The Morgan fingerprint density at radius 3 is 3.19 bits per heavy atom. The van der Waals surface area contributed by atoms with E-state index < -0.39 is 0 Å². The van der Waals surface area contributed by atoms with Crippen LogP contribution in [-0.2, 0) is 0 Å². The van der Waals surface area contributed by atoms with Crippen molar-refractivity contribution in [2.45, 2.75) is 30.7 Å². The predicted octanol–water partition coefficient (Wildman–Crippen LogP) is 4.22. The maximum Gasteiger partial charge on any atom is 0.133 e. The van der Waals surface area contributed by atoms with Crippen LogP contribution < -0.4 is 4.74 Å². The molecule has 2 aliphatic rings. The Hall–Kier alpha value is -1.19. The van der Waals surface area contributed by atoms with Gasteiger partial charge in [-0.1, -0.05) is 37.8 Å². The van der Waals surface area contributed by atoms with Crippen LogP contribution >= 0.6 is 11.8 Å². The van der Waals surface area contributed by atoms with Gasteiger partial charge in [-0.15, -0.1) is 11.8 Å². The highest BCUT2D eigenvalue weighted by molar-refractivity contribution is 7.99.